The fraction of sp³-hybridized carbons (Fsp3) is 0.812. The number of aryl methyl sites for hydroxylation is 2. The highest BCUT2D eigenvalue weighted by Gasteiger charge is 2.06. The summed E-state index contributed by atoms with van der Waals surface area (Å²) in [5.41, 5.74) is 1.07. The summed E-state index contributed by atoms with van der Waals surface area (Å²) < 4.78 is 7.59. The zero-order chi connectivity index (χ0) is 15.5. The Kier molecular flexibility index (Phi) is 9.10. The number of nitrogens with one attached hydrogen (secondary N) is 1. The van der Waals surface area contributed by atoms with E-state index in [2.05, 4.69) is 39.8 Å². The van der Waals surface area contributed by atoms with Gasteiger partial charge in [-0.3, -0.25) is 0 Å². The molecule has 0 saturated carbocycles. The van der Waals surface area contributed by atoms with Gasteiger partial charge in [0.2, 0.25) is 5.95 Å². The predicted octanol–water partition coefficient (Wildman–Crippen LogP) is 2.76. The quantitative estimate of drug-likeness (QED) is 0.602. The van der Waals surface area contributed by atoms with Crippen molar-refractivity contribution in [2.24, 2.45) is 0 Å². The summed E-state index contributed by atoms with van der Waals surface area (Å²) in [5.74, 6) is 0.989. The zero-order valence-corrected chi connectivity index (χ0v) is 14.2. The van der Waals surface area contributed by atoms with E-state index in [-0.39, 0.29) is 0 Å². The molecule has 1 aromatic rings. The van der Waals surface area contributed by atoms with E-state index in [1.807, 2.05) is 13.8 Å². The highest BCUT2D eigenvalue weighted by Crippen LogP contribution is 2.09. The lowest BCUT2D eigenvalue weighted by molar-refractivity contribution is 0.147. The molecule has 0 bridgehead atoms. The van der Waals surface area contributed by atoms with Crippen molar-refractivity contribution >= 4 is 5.95 Å². The summed E-state index contributed by atoms with van der Waals surface area (Å²) >= 11 is 0. The van der Waals surface area contributed by atoms with Crippen molar-refractivity contribution < 1.29 is 4.74 Å². The number of nitrogens with zero attached hydrogens (tertiary/aromatic N) is 3. The fourth-order valence-electron chi connectivity index (χ4n) is 2.38. The third kappa shape index (κ3) is 6.96. The summed E-state index contributed by atoms with van der Waals surface area (Å²) in [4.78, 5) is 7.02. The molecular weight excluding hydrogens is 264 g/mol. The molecule has 1 rings (SSSR count). The minimum atomic E-state index is 0.791. The first-order valence-corrected chi connectivity index (χ1v) is 8.28. The summed E-state index contributed by atoms with van der Waals surface area (Å²) in [6.45, 7) is 15.4. The van der Waals surface area contributed by atoms with Crippen molar-refractivity contribution in [2.75, 3.05) is 44.7 Å². The van der Waals surface area contributed by atoms with Gasteiger partial charge in [-0.2, -0.15) is 0 Å². The van der Waals surface area contributed by atoms with Gasteiger partial charge in [0, 0.05) is 32.5 Å². The molecule has 0 fully saturated rings. The number of aromatic nitrogens is 2. The van der Waals surface area contributed by atoms with Crippen LogP contribution in [0.25, 0.3) is 0 Å². The van der Waals surface area contributed by atoms with Gasteiger partial charge >= 0.3 is 0 Å². The minimum Gasteiger partial charge on any atom is -0.382 e. The molecule has 0 unspecified atom stereocenters. The summed E-state index contributed by atoms with van der Waals surface area (Å²) in [6.07, 6.45) is 4.30. The molecule has 5 heteroatoms. The van der Waals surface area contributed by atoms with Crippen molar-refractivity contribution in [3.8, 4) is 0 Å². The van der Waals surface area contributed by atoms with Crippen molar-refractivity contribution in [1.82, 2.24) is 14.5 Å². The van der Waals surface area contributed by atoms with Crippen molar-refractivity contribution in [2.45, 2.75) is 47.1 Å². The van der Waals surface area contributed by atoms with Crippen LogP contribution >= 0.6 is 0 Å². The Hall–Kier alpha value is -1.07. The van der Waals surface area contributed by atoms with Crippen LogP contribution in [0.2, 0.25) is 0 Å². The molecule has 1 N–H and O–H groups in total. The lowest BCUT2D eigenvalue weighted by Gasteiger charge is -2.18. The van der Waals surface area contributed by atoms with Crippen molar-refractivity contribution in [3.63, 3.8) is 0 Å². The fourth-order valence-corrected chi connectivity index (χ4v) is 2.38. The van der Waals surface area contributed by atoms with Gasteiger partial charge in [-0.05, 0) is 46.3 Å². The Bertz CT molecular complexity index is 374. The van der Waals surface area contributed by atoms with Crippen LogP contribution in [0.1, 0.15) is 39.3 Å². The Balaban J connectivity index is 2.36. The standard InChI is InChI=1S/C16H32N4O/c1-5-19(6-2)11-9-12-20-14-15(4)18-16(20)17-10-8-13-21-7-3/h14H,5-13H2,1-4H3,(H,17,18). The molecule has 0 amide bonds. The van der Waals surface area contributed by atoms with Crippen LogP contribution in [-0.2, 0) is 11.3 Å². The minimum absolute atomic E-state index is 0.791. The molecule has 21 heavy (non-hydrogen) atoms. The summed E-state index contributed by atoms with van der Waals surface area (Å²) in [5, 5.41) is 3.42. The second kappa shape index (κ2) is 10.6. The maximum atomic E-state index is 5.35. The highest BCUT2D eigenvalue weighted by atomic mass is 16.5. The lowest BCUT2D eigenvalue weighted by Crippen LogP contribution is -2.25. The van der Waals surface area contributed by atoms with Gasteiger partial charge in [-0.25, -0.2) is 4.98 Å². The highest BCUT2D eigenvalue weighted by molar-refractivity contribution is 5.28. The van der Waals surface area contributed by atoms with Gasteiger partial charge in [-0.15, -0.1) is 0 Å². The molecule has 1 aromatic heterocycles. The third-order valence-electron chi connectivity index (χ3n) is 3.62. The Morgan fingerprint density at radius 2 is 2.00 bits per heavy atom. The molecule has 0 saturated heterocycles. The smallest absolute Gasteiger partial charge is 0.203 e. The molecule has 0 spiro atoms. The van der Waals surface area contributed by atoms with Gasteiger partial charge in [0.15, 0.2) is 0 Å². The van der Waals surface area contributed by atoms with Gasteiger partial charge in [-0.1, -0.05) is 13.8 Å². The van der Waals surface area contributed by atoms with Crippen LogP contribution in [0.5, 0.6) is 0 Å². The van der Waals surface area contributed by atoms with Gasteiger partial charge in [0.1, 0.15) is 0 Å². The molecular formula is C16H32N4O. The van der Waals surface area contributed by atoms with Crippen molar-refractivity contribution in [1.29, 1.82) is 0 Å². The molecule has 0 aliphatic heterocycles. The number of hydrogen-bond donors (Lipinski definition) is 1. The molecule has 1 heterocycles. The van der Waals surface area contributed by atoms with Crippen molar-refractivity contribution in [3.05, 3.63) is 11.9 Å². The van der Waals surface area contributed by atoms with Crippen LogP contribution in [0.4, 0.5) is 5.95 Å². The zero-order valence-electron chi connectivity index (χ0n) is 14.2. The second-order valence-corrected chi connectivity index (χ2v) is 5.26. The van der Waals surface area contributed by atoms with Crippen LogP contribution in [0.15, 0.2) is 6.20 Å². The van der Waals surface area contributed by atoms with Gasteiger partial charge in [0.05, 0.1) is 5.69 Å². The van der Waals surface area contributed by atoms with E-state index in [1.54, 1.807) is 0 Å². The summed E-state index contributed by atoms with van der Waals surface area (Å²) in [7, 11) is 0. The predicted molar refractivity (Wildman–Crippen MR) is 89.0 cm³/mol. The van der Waals surface area contributed by atoms with Gasteiger partial charge < -0.3 is 19.5 Å². The molecule has 122 valence electrons. The van der Waals surface area contributed by atoms with E-state index in [0.29, 0.717) is 0 Å². The number of anilines is 1. The van der Waals surface area contributed by atoms with E-state index >= 15 is 0 Å². The Labute approximate surface area is 129 Å². The maximum absolute atomic E-state index is 5.35. The normalized spacial score (nSPS) is 11.3. The first-order chi connectivity index (χ1) is 10.2. The van der Waals surface area contributed by atoms with Crippen LogP contribution < -0.4 is 5.32 Å². The van der Waals surface area contributed by atoms with Crippen LogP contribution in [-0.4, -0.2) is 53.8 Å². The summed E-state index contributed by atoms with van der Waals surface area (Å²) in [6, 6.07) is 0. The van der Waals surface area contributed by atoms with Gasteiger partial charge in [0.25, 0.3) is 0 Å². The number of hydrogen-bond acceptors (Lipinski definition) is 4. The second-order valence-electron chi connectivity index (χ2n) is 5.26. The van der Waals surface area contributed by atoms with E-state index < -0.39 is 0 Å². The Morgan fingerprint density at radius 3 is 2.67 bits per heavy atom. The van der Waals surface area contributed by atoms with E-state index in [4.69, 9.17) is 4.74 Å². The van der Waals surface area contributed by atoms with Crippen LogP contribution in [0.3, 0.4) is 0 Å². The first kappa shape index (κ1) is 18.0. The monoisotopic (exact) mass is 296 g/mol. The average Bonchev–Trinajstić information content (AvgIpc) is 2.83. The maximum Gasteiger partial charge on any atom is 0.203 e. The van der Waals surface area contributed by atoms with E-state index in [9.17, 15) is 0 Å². The Morgan fingerprint density at radius 1 is 1.24 bits per heavy atom. The molecule has 0 atom stereocenters. The SMILES string of the molecule is CCOCCCNc1nc(C)cn1CCCN(CC)CC. The lowest BCUT2D eigenvalue weighted by atomic mass is 10.3. The molecule has 5 nitrogen and oxygen atoms in total. The first-order valence-electron chi connectivity index (χ1n) is 8.28. The average molecular weight is 296 g/mol. The van der Waals surface area contributed by atoms with Crippen LogP contribution in [0, 0.1) is 6.92 Å². The number of ether oxygens (including phenoxy) is 1. The third-order valence-corrected chi connectivity index (χ3v) is 3.62. The molecule has 0 aliphatic rings. The number of imidazole rings is 1. The topological polar surface area (TPSA) is 42.3 Å². The molecule has 0 aliphatic carbocycles. The molecule has 0 radical (unpaired) electrons. The largest absolute Gasteiger partial charge is 0.382 e. The number of rotatable bonds is 12. The van der Waals surface area contributed by atoms with E-state index in [1.165, 1.54) is 0 Å². The molecule has 0 aromatic carbocycles. The van der Waals surface area contributed by atoms with E-state index in [0.717, 1.165) is 70.4 Å².